The quantitative estimate of drug-likeness (QED) is 0.603. The van der Waals surface area contributed by atoms with Crippen LogP contribution >= 0.6 is 0 Å². The van der Waals surface area contributed by atoms with E-state index in [9.17, 15) is 0 Å². The van der Waals surface area contributed by atoms with Gasteiger partial charge in [-0.15, -0.1) is 0 Å². The minimum Gasteiger partial charge on any atom is -0.387 e. The third-order valence-electron chi connectivity index (χ3n) is 3.51. The Bertz CT molecular complexity index is 401. The van der Waals surface area contributed by atoms with Gasteiger partial charge in [0.2, 0.25) is 0 Å². The third-order valence-corrected chi connectivity index (χ3v) is 3.51. The zero-order valence-electron chi connectivity index (χ0n) is 10.6. The predicted octanol–water partition coefficient (Wildman–Crippen LogP) is 0.876. The topological polar surface area (TPSA) is 70.9 Å². The predicted molar refractivity (Wildman–Crippen MR) is 67.9 cm³/mol. The van der Waals surface area contributed by atoms with Crippen LogP contribution in [-0.4, -0.2) is 33.6 Å². The first-order valence-electron chi connectivity index (χ1n) is 6.12. The molecule has 5 nitrogen and oxygen atoms in total. The zero-order chi connectivity index (χ0) is 12.4. The van der Waals surface area contributed by atoms with E-state index in [0.29, 0.717) is 11.8 Å². The van der Waals surface area contributed by atoms with Crippen LogP contribution in [0.3, 0.4) is 0 Å². The second-order valence-electron chi connectivity index (χ2n) is 4.91. The Morgan fingerprint density at radius 3 is 2.65 bits per heavy atom. The fourth-order valence-electron chi connectivity index (χ4n) is 2.44. The highest BCUT2D eigenvalue weighted by Crippen LogP contribution is 2.18. The fourth-order valence-corrected chi connectivity index (χ4v) is 2.44. The summed E-state index contributed by atoms with van der Waals surface area (Å²) in [6.07, 6.45) is 2.01. The van der Waals surface area contributed by atoms with Gasteiger partial charge in [0, 0.05) is 19.5 Å². The number of hydrogen-bond donors (Lipinski definition) is 2. The Kier molecular flexibility index (Phi) is 3.47. The molecule has 0 aliphatic carbocycles. The van der Waals surface area contributed by atoms with E-state index in [-0.39, 0.29) is 0 Å². The van der Waals surface area contributed by atoms with E-state index < -0.39 is 0 Å². The molecule has 0 spiro atoms. The Morgan fingerprint density at radius 2 is 2.18 bits per heavy atom. The molecule has 0 atom stereocenters. The number of nitrogens with zero attached hydrogens (tertiary/aromatic N) is 3. The lowest BCUT2D eigenvalue weighted by Gasteiger charge is -2.31. The molecular formula is C12H21N5. The molecule has 0 radical (unpaired) electrons. The lowest BCUT2D eigenvalue weighted by Crippen LogP contribution is -2.38. The Hall–Kier alpha value is -1.36. The van der Waals surface area contributed by atoms with Gasteiger partial charge in [0.15, 0.2) is 0 Å². The number of nitrogens with two attached hydrogens (primary N) is 1. The fraction of sp³-hybridized carbons (Fsp3) is 0.667. The highest BCUT2D eigenvalue weighted by Gasteiger charge is 2.21. The zero-order valence-corrected chi connectivity index (χ0v) is 10.6. The first kappa shape index (κ1) is 12.1. The number of likely N-dealkylation sites (tertiary alicyclic amines) is 1. The Balaban J connectivity index is 1.90. The smallest absolute Gasteiger partial charge is 0.0937 e. The molecule has 1 aromatic heterocycles. The molecule has 94 valence electrons. The second kappa shape index (κ2) is 4.87. The van der Waals surface area contributed by atoms with Crippen LogP contribution in [0.4, 0.5) is 0 Å². The van der Waals surface area contributed by atoms with Crippen molar-refractivity contribution in [2.75, 3.05) is 13.1 Å². The molecular weight excluding hydrogens is 214 g/mol. The summed E-state index contributed by atoms with van der Waals surface area (Å²) in [6, 6.07) is 2.14. The van der Waals surface area contributed by atoms with E-state index >= 15 is 0 Å². The van der Waals surface area contributed by atoms with Crippen molar-refractivity contribution in [1.82, 2.24) is 14.7 Å². The number of aryl methyl sites for hydroxylation is 2. The summed E-state index contributed by atoms with van der Waals surface area (Å²) in [5.41, 5.74) is 7.87. The van der Waals surface area contributed by atoms with Crippen molar-refractivity contribution in [1.29, 1.82) is 5.41 Å². The number of piperidine rings is 1. The van der Waals surface area contributed by atoms with Crippen molar-refractivity contribution in [3.05, 3.63) is 17.5 Å². The standard InChI is InChI=1S/C12H21N5/c1-9-7-11(16(2)15-9)8-17-5-3-10(4-6-17)12(13)14/h7,10H,3-6,8H2,1-2H3,(H3,13,14). The van der Waals surface area contributed by atoms with Gasteiger partial charge in [-0.2, -0.15) is 5.10 Å². The van der Waals surface area contributed by atoms with Crippen LogP contribution < -0.4 is 5.73 Å². The summed E-state index contributed by atoms with van der Waals surface area (Å²) in [7, 11) is 1.99. The van der Waals surface area contributed by atoms with Gasteiger partial charge < -0.3 is 5.73 Å². The molecule has 3 N–H and O–H groups in total. The number of nitrogens with one attached hydrogen (secondary N) is 1. The summed E-state index contributed by atoms with van der Waals surface area (Å²) >= 11 is 0. The highest BCUT2D eigenvalue weighted by molar-refractivity contribution is 5.79. The molecule has 1 fully saturated rings. The molecule has 0 saturated carbocycles. The number of rotatable bonds is 3. The molecule has 1 saturated heterocycles. The number of amidine groups is 1. The summed E-state index contributed by atoms with van der Waals surface area (Å²) in [5.74, 6) is 0.639. The minimum absolute atomic E-state index is 0.291. The van der Waals surface area contributed by atoms with Gasteiger partial charge >= 0.3 is 0 Å². The Labute approximate surface area is 102 Å². The average Bonchev–Trinajstić information content (AvgIpc) is 2.58. The van der Waals surface area contributed by atoms with Gasteiger partial charge in [0.25, 0.3) is 0 Å². The molecule has 0 bridgehead atoms. The van der Waals surface area contributed by atoms with E-state index in [4.69, 9.17) is 11.1 Å². The van der Waals surface area contributed by atoms with Crippen LogP contribution in [0.25, 0.3) is 0 Å². The molecule has 2 rings (SSSR count). The lowest BCUT2D eigenvalue weighted by atomic mass is 9.96. The van der Waals surface area contributed by atoms with Crippen molar-refractivity contribution in [3.63, 3.8) is 0 Å². The van der Waals surface area contributed by atoms with Crippen molar-refractivity contribution in [2.24, 2.45) is 18.7 Å². The van der Waals surface area contributed by atoms with Gasteiger partial charge in [-0.05, 0) is 38.9 Å². The molecule has 0 amide bonds. The molecule has 1 aliphatic heterocycles. The van der Waals surface area contributed by atoms with Gasteiger partial charge in [0.1, 0.15) is 0 Å². The van der Waals surface area contributed by atoms with Crippen LogP contribution in [0, 0.1) is 18.3 Å². The molecule has 1 aliphatic rings. The van der Waals surface area contributed by atoms with Crippen LogP contribution in [0.1, 0.15) is 24.2 Å². The largest absolute Gasteiger partial charge is 0.387 e. The maximum atomic E-state index is 7.46. The summed E-state index contributed by atoms with van der Waals surface area (Å²) < 4.78 is 1.95. The highest BCUT2D eigenvalue weighted by atomic mass is 15.3. The van der Waals surface area contributed by atoms with Crippen molar-refractivity contribution < 1.29 is 0 Å². The van der Waals surface area contributed by atoms with E-state index in [2.05, 4.69) is 16.1 Å². The summed E-state index contributed by atoms with van der Waals surface area (Å²) in [4.78, 5) is 2.41. The summed E-state index contributed by atoms with van der Waals surface area (Å²) in [6.45, 7) is 5.01. The third kappa shape index (κ3) is 2.85. The van der Waals surface area contributed by atoms with Crippen molar-refractivity contribution in [3.8, 4) is 0 Å². The monoisotopic (exact) mass is 235 g/mol. The maximum Gasteiger partial charge on any atom is 0.0937 e. The van der Waals surface area contributed by atoms with Gasteiger partial charge in [-0.3, -0.25) is 15.0 Å². The first-order valence-corrected chi connectivity index (χ1v) is 6.12. The average molecular weight is 235 g/mol. The number of aromatic nitrogens is 2. The molecule has 1 aromatic rings. The second-order valence-corrected chi connectivity index (χ2v) is 4.91. The normalized spacial score (nSPS) is 18.5. The van der Waals surface area contributed by atoms with Crippen LogP contribution in [0.15, 0.2) is 6.07 Å². The van der Waals surface area contributed by atoms with Crippen LogP contribution in [0.5, 0.6) is 0 Å². The van der Waals surface area contributed by atoms with E-state index in [0.717, 1.165) is 38.2 Å². The summed E-state index contributed by atoms with van der Waals surface area (Å²) in [5, 5.41) is 11.8. The molecule has 0 unspecified atom stereocenters. The first-order chi connectivity index (χ1) is 8.06. The number of hydrogen-bond acceptors (Lipinski definition) is 3. The van der Waals surface area contributed by atoms with E-state index in [1.807, 2.05) is 18.7 Å². The SMILES string of the molecule is Cc1cc(CN2CCC(C(=N)N)CC2)n(C)n1. The minimum atomic E-state index is 0.291. The van der Waals surface area contributed by atoms with Crippen molar-refractivity contribution in [2.45, 2.75) is 26.3 Å². The van der Waals surface area contributed by atoms with E-state index in [1.165, 1.54) is 5.69 Å². The van der Waals surface area contributed by atoms with Crippen LogP contribution in [0.2, 0.25) is 0 Å². The van der Waals surface area contributed by atoms with Gasteiger partial charge in [-0.25, -0.2) is 0 Å². The molecule has 17 heavy (non-hydrogen) atoms. The van der Waals surface area contributed by atoms with Crippen LogP contribution in [-0.2, 0) is 13.6 Å². The lowest BCUT2D eigenvalue weighted by molar-refractivity contribution is 0.197. The maximum absolute atomic E-state index is 7.46. The molecule has 0 aromatic carbocycles. The Morgan fingerprint density at radius 1 is 1.53 bits per heavy atom. The molecule has 5 heteroatoms. The van der Waals surface area contributed by atoms with Gasteiger partial charge in [0.05, 0.1) is 17.2 Å². The van der Waals surface area contributed by atoms with Crippen molar-refractivity contribution >= 4 is 5.84 Å². The molecule has 2 heterocycles. The van der Waals surface area contributed by atoms with E-state index in [1.54, 1.807) is 0 Å². The van der Waals surface area contributed by atoms with Gasteiger partial charge in [-0.1, -0.05) is 0 Å².